The maximum atomic E-state index is 13.2. The molecule has 3 nitrogen and oxygen atoms in total. The summed E-state index contributed by atoms with van der Waals surface area (Å²) in [7, 11) is -1.57. The maximum Gasteiger partial charge on any atom is 0.154 e. The SMILES string of the molecule is CNC(Cc1cc(F)ccc1Cl)C(C)(C)S(C)(=O)=O. The maximum absolute atomic E-state index is 13.2. The van der Waals surface area contributed by atoms with E-state index in [1.165, 1.54) is 24.5 Å². The van der Waals surface area contributed by atoms with Crippen molar-refractivity contribution in [3.63, 3.8) is 0 Å². The monoisotopic (exact) mass is 307 g/mol. The largest absolute Gasteiger partial charge is 0.315 e. The van der Waals surface area contributed by atoms with E-state index in [0.717, 1.165) is 0 Å². The Morgan fingerprint density at radius 1 is 1.42 bits per heavy atom. The minimum atomic E-state index is -3.26. The van der Waals surface area contributed by atoms with E-state index >= 15 is 0 Å². The summed E-state index contributed by atoms with van der Waals surface area (Å²) in [6.45, 7) is 3.30. The summed E-state index contributed by atoms with van der Waals surface area (Å²) in [6, 6.07) is 3.74. The zero-order valence-corrected chi connectivity index (χ0v) is 13.1. The van der Waals surface area contributed by atoms with Gasteiger partial charge in [0.05, 0.1) is 4.75 Å². The highest BCUT2D eigenvalue weighted by molar-refractivity contribution is 7.92. The predicted octanol–water partition coefficient (Wildman–Crippen LogP) is 2.43. The lowest BCUT2D eigenvalue weighted by Gasteiger charge is -2.32. The molecule has 19 heavy (non-hydrogen) atoms. The second-order valence-corrected chi connectivity index (χ2v) is 8.16. The van der Waals surface area contributed by atoms with Crippen molar-refractivity contribution in [2.24, 2.45) is 0 Å². The molecule has 1 atom stereocenters. The fourth-order valence-corrected chi connectivity index (χ4v) is 2.79. The number of likely N-dealkylation sites (N-methyl/N-ethyl adjacent to an activating group) is 1. The van der Waals surface area contributed by atoms with Crippen LogP contribution in [-0.2, 0) is 16.3 Å². The van der Waals surface area contributed by atoms with Crippen molar-refractivity contribution in [2.45, 2.75) is 31.1 Å². The van der Waals surface area contributed by atoms with Gasteiger partial charge in [0.15, 0.2) is 9.84 Å². The number of halogens is 2. The quantitative estimate of drug-likeness (QED) is 0.909. The minimum absolute atomic E-state index is 0.340. The smallest absolute Gasteiger partial charge is 0.154 e. The summed E-state index contributed by atoms with van der Waals surface area (Å²) >= 11 is 6.02. The van der Waals surface area contributed by atoms with Crippen LogP contribution in [-0.4, -0.2) is 32.5 Å². The van der Waals surface area contributed by atoms with Crippen LogP contribution in [0.2, 0.25) is 5.02 Å². The molecular formula is C13H19ClFNO2S. The van der Waals surface area contributed by atoms with Gasteiger partial charge < -0.3 is 5.32 Å². The molecule has 0 aliphatic rings. The highest BCUT2D eigenvalue weighted by atomic mass is 35.5. The summed E-state index contributed by atoms with van der Waals surface area (Å²) in [5.41, 5.74) is 0.595. The van der Waals surface area contributed by atoms with Gasteiger partial charge in [0, 0.05) is 17.3 Å². The first kappa shape index (κ1) is 16.4. The van der Waals surface area contributed by atoms with E-state index in [0.29, 0.717) is 17.0 Å². The van der Waals surface area contributed by atoms with Gasteiger partial charge in [-0.15, -0.1) is 0 Å². The van der Waals surface area contributed by atoms with Gasteiger partial charge in [-0.25, -0.2) is 12.8 Å². The molecule has 0 bridgehead atoms. The van der Waals surface area contributed by atoms with Gasteiger partial charge in [-0.05, 0) is 51.1 Å². The molecule has 1 aromatic rings. The molecule has 0 saturated carbocycles. The lowest BCUT2D eigenvalue weighted by Crippen LogP contribution is -2.51. The average Bonchev–Trinajstić information content (AvgIpc) is 2.28. The Morgan fingerprint density at radius 3 is 2.47 bits per heavy atom. The van der Waals surface area contributed by atoms with E-state index in [-0.39, 0.29) is 11.9 Å². The lowest BCUT2D eigenvalue weighted by molar-refractivity contribution is 0.430. The van der Waals surface area contributed by atoms with Crippen LogP contribution in [0.4, 0.5) is 4.39 Å². The summed E-state index contributed by atoms with van der Waals surface area (Å²) < 4.78 is 36.0. The van der Waals surface area contributed by atoms with Crippen molar-refractivity contribution < 1.29 is 12.8 Å². The number of rotatable bonds is 5. The third-order valence-electron chi connectivity index (χ3n) is 3.58. The van der Waals surface area contributed by atoms with Crippen molar-refractivity contribution in [1.29, 1.82) is 0 Å². The zero-order valence-electron chi connectivity index (χ0n) is 11.5. The highest BCUT2D eigenvalue weighted by Gasteiger charge is 2.38. The molecule has 0 heterocycles. The second kappa shape index (κ2) is 5.77. The summed E-state index contributed by atoms with van der Waals surface area (Å²) in [6.07, 6.45) is 1.54. The van der Waals surface area contributed by atoms with Crippen LogP contribution in [0.3, 0.4) is 0 Å². The number of nitrogens with one attached hydrogen (secondary N) is 1. The molecule has 0 aliphatic carbocycles. The van der Waals surface area contributed by atoms with Gasteiger partial charge in [0.1, 0.15) is 5.82 Å². The molecule has 1 aromatic carbocycles. The van der Waals surface area contributed by atoms with Crippen LogP contribution >= 0.6 is 11.6 Å². The topological polar surface area (TPSA) is 46.2 Å². The first-order valence-electron chi connectivity index (χ1n) is 5.90. The lowest BCUT2D eigenvalue weighted by atomic mass is 9.95. The first-order chi connectivity index (χ1) is 8.59. The number of sulfone groups is 1. The second-order valence-electron chi connectivity index (χ2n) is 5.16. The van der Waals surface area contributed by atoms with Gasteiger partial charge >= 0.3 is 0 Å². The summed E-state index contributed by atoms with van der Waals surface area (Å²) in [5.74, 6) is -0.383. The van der Waals surface area contributed by atoms with E-state index in [4.69, 9.17) is 11.6 Å². The Labute approximate surface area is 119 Å². The standard InChI is InChI=1S/C13H19ClFNO2S/c1-13(2,19(4,17)18)12(16-3)8-9-7-10(15)5-6-11(9)14/h5-7,12,16H,8H2,1-4H3. The number of hydrogen-bond acceptors (Lipinski definition) is 3. The summed E-state index contributed by atoms with van der Waals surface area (Å²) in [4.78, 5) is 0. The predicted molar refractivity (Wildman–Crippen MR) is 76.9 cm³/mol. The average molecular weight is 308 g/mol. The Hall–Kier alpha value is -0.650. The van der Waals surface area contributed by atoms with Crippen molar-refractivity contribution >= 4 is 21.4 Å². The van der Waals surface area contributed by atoms with Gasteiger partial charge in [-0.2, -0.15) is 0 Å². The van der Waals surface area contributed by atoms with Gasteiger partial charge in [0.2, 0.25) is 0 Å². The van der Waals surface area contributed by atoms with E-state index < -0.39 is 14.6 Å². The molecule has 0 amide bonds. The number of hydrogen-bond donors (Lipinski definition) is 1. The van der Waals surface area contributed by atoms with Gasteiger partial charge in [-0.1, -0.05) is 11.6 Å². The Morgan fingerprint density at radius 2 is 2.00 bits per heavy atom. The van der Waals surface area contributed by atoms with Crippen molar-refractivity contribution in [1.82, 2.24) is 5.32 Å². The molecule has 0 aromatic heterocycles. The van der Waals surface area contributed by atoms with Crippen molar-refractivity contribution in [2.75, 3.05) is 13.3 Å². The first-order valence-corrected chi connectivity index (χ1v) is 8.17. The molecule has 0 aliphatic heterocycles. The molecule has 0 spiro atoms. The van der Waals surface area contributed by atoms with Crippen LogP contribution < -0.4 is 5.32 Å². The van der Waals surface area contributed by atoms with E-state index in [1.807, 2.05) is 0 Å². The Balaban J connectivity index is 3.10. The fraction of sp³-hybridized carbons (Fsp3) is 0.538. The molecule has 0 saturated heterocycles. The molecule has 108 valence electrons. The van der Waals surface area contributed by atoms with Gasteiger partial charge in [-0.3, -0.25) is 0 Å². The molecule has 1 rings (SSSR count). The van der Waals surface area contributed by atoms with Gasteiger partial charge in [0.25, 0.3) is 0 Å². The molecule has 1 unspecified atom stereocenters. The van der Waals surface area contributed by atoms with Crippen molar-refractivity contribution in [3.05, 3.63) is 34.6 Å². The minimum Gasteiger partial charge on any atom is -0.315 e. The Kier molecular flexibility index (Phi) is 4.98. The van der Waals surface area contributed by atoms with Crippen molar-refractivity contribution in [3.8, 4) is 0 Å². The zero-order chi connectivity index (χ0) is 14.8. The third-order valence-corrected chi connectivity index (χ3v) is 6.14. The normalized spacial score (nSPS) is 14.4. The summed E-state index contributed by atoms with van der Waals surface area (Å²) in [5, 5.41) is 3.42. The van der Waals surface area contributed by atoms with E-state index in [2.05, 4.69) is 5.32 Å². The number of benzene rings is 1. The van der Waals surface area contributed by atoms with E-state index in [9.17, 15) is 12.8 Å². The van der Waals surface area contributed by atoms with Crippen LogP contribution in [0.1, 0.15) is 19.4 Å². The molecule has 0 fully saturated rings. The van der Waals surface area contributed by atoms with Crippen LogP contribution in [0.25, 0.3) is 0 Å². The molecule has 6 heteroatoms. The molecular weight excluding hydrogens is 289 g/mol. The molecule has 1 N–H and O–H groups in total. The molecule has 0 radical (unpaired) electrons. The Bertz CT molecular complexity index is 558. The fourth-order valence-electron chi connectivity index (χ4n) is 1.87. The van der Waals surface area contributed by atoms with Crippen LogP contribution in [0.5, 0.6) is 0 Å². The van der Waals surface area contributed by atoms with Crippen LogP contribution in [0.15, 0.2) is 18.2 Å². The van der Waals surface area contributed by atoms with E-state index in [1.54, 1.807) is 20.9 Å². The van der Waals surface area contributed by atoms with Crippen LogP contribution in [0, 0.1) is 5.82 Å². The third kappa shape index (κ3) is 3.68. The highest BCUT2D eigenvalue weighted by Crippen LogP contribution is 2.26.